The highest BCUT2D eigenvalue weighted by Gasteiger charge is 2.35. The quantitative estimate of drug-likeness (QED) is 0.699. The summed E-state index contributed by atoms with van der Waals surface area (Å²) in [6.07, 6.45) is -4.54. The lowest BCUT2D eigenvalue weighted by atomic mass is 10.1. The third-order valence-electron chi connectivity index (χ3n) is 2.78. The molecular weight excluding hydrogens is 301 g/mol. The first-order valence-electron chi connectivity index (χ1n) is 5.93. The van der Waals surface area contributed by atoms with Crippen molar-refractivity contribution in [1.82, 2.24) is 4.98 Å². The highest BCUT2D eigenvalue weighted by Crippen LogP contribution is 2.40. The summed E-state index contributed by atoms with van der Waals surface area (Å²) in [5.74, 6) is -0.309. The molecule has 0 saturated heterocycles. The SMILES string of the molecule is Nc1ccc(Oc2nc3ccccc3s2)c(C(F)(F)F)c1. The van der Waals surface area contributed by atoms with Crippen LogP contribution in [0.4, 0.5) is 18.9 Å². The molecule has 0 amide bonds. The van der Waals surface area contributed by atoms with Crippen molar-refractivity contribution in [2.45, 2.75) is 6.18 Å². The van der Waals surface area contributed by atoms with Gasteiger partial charge in [0, 0.05) is 5.69 Å². The Bertz CT molecular complexity index is 765. The van der Waals surface area contributed by atoms with E-state index in [4.69, 9.17) is 10.5 Å². The number of nitrogen functional groups attached to an aromatic ring is 1. The molecule has 0 fully saturated rings. The number of thiazole rings is 1. The number of alkyl halides is 3. The average molecular weight is 310 g/mol. The van der Waals surface area contributed by atoms with E-state index < -0.39 is 11.7 Å². The number of benzene rings is 2. The van der Waals surface area contributed by atoms with Crippen LogP contribution in [-0.4, -0.2) is 4.98 Å². The zero-order valence-electron chi connectivity index (χ0n) is 10.5. The summed E-state index contributed by atoms with van der Waals surface area (Å²) in [4.78, 5) is 4.15. The zero-order chi connectivity index (χ0) is 15.0. The van der Waals surface area contributed by atoms with Crippen LogP contribution in [0.25, 0.3) is 10.2 Å². The summed E-state index contributed by atoms with van der Waals surface area (Å²) in [5, 5.41) is 0.159. The second-order valence-electron chi connectivity index (χ2n) is 4.30. The maximum absolute atomic E-state index is 13.0. The number of nitrogens with two attached hydrogens (primary N) is 1. The van der Waals surface area contributed by atoms with Crippen molar-refractivity contribution < 1.29 is 17.9 Å². The summed E-state index contributed by atoms with van der Waals surface area (Å²) in [6, 6.07) is 10.6. The lowest BCUT2D eigenvalue weighted by molar-refractivity contribution is -0.138. The van der Waals surface area contributed by atoms with E-state index in [1.807, 2.05) is 12.1 Å². The molecule has 3 aromatic rings. The molecule has 0 aliphatic heterocycles. The molecule has 0 unspecified atom stereocenters. The molecule has 3 nitrogen and oxygen atoms in total. The van der Waals surface area contributed by atoms with E-state index in [0.717, 1.165) is 10.8 Å². The lowest BCUT2D eigenvalue weighted by Gasteiger charge is -2.12. The van der Waals surface area contributed by atoms with Crippen molar-refractivity contribution in [2.75, 3.05) is 5.73 Å². The van der Waals surface area contributed by atoms with Gasteiger partial charge >= 0.3 is 6.18 Å². The van der Waals surface area contributed by atoms with Crippen LogP contribution < -0.4 is 10.5 Å². The Morgan fingerprint density at radius 1 is 1.10 bits per heavy atom. The van der Waals surface area contributed by atoms with Gasteiger partial charge in [-0.15, -0.1) is 0 Å². The maximum Gasteiger partial charge on any atom is 0.420 e. The Hall–Kier alpha value is -2.28. The van der Waals surface area contributed by atoms with Gasteiger partial charge in [0.15, 0.2) is 0 Å². The van der Waals surface area contributed by atoms with Crippen molar-refractivity contribution in [3.8, 4) is 10.9 Å². The van der Waals surface area contributed by atoms with Gasteiger partial charge in [-0.3, -0.25) is 0 Å². The molecule has 21 heavy (non-hydrogen) atoms. The minimum atomic E-state index is -4.54. The van der Waals surface area contributed by atoms with Crippen LogP contribution >= 0.6 is 11.3 Å². The number of fused-ring (bicyclic) bond motifs is 1. The number of ether oxygens (including phenoxy) is 1. The largest absolute Gasteiger partial charge is 0.430 e. The second kappa shape index (κ2) is 4.92. The van der Waals surface area contributed by atoms with Crippen LogP contribution in [0.2, 0.25) is 0 Å². The molecule has 0 aliphatic carbocycles. The molecule has 2 aromatic carbocycles. The average Bonchev–Trinajstić information content (AvgIpc) is 2.82. The van der Waals surface area contributed by atoms with E-state index in [2.05, 4.69) is 4.98 Å². The molecule has 1 heterocycles. The first-order valence-corrected chi connectivity index (χ1v) is 6.75. The standard InChI is InChI=1S/C14H9F3N2OS/c15-14(16,17)9-7-8(18)5-6-11(9)20-13-19-10-3-1-2-4-12(10)21-13/h1-7H,18H2. The number of anilines is 1. The fourth-order valence-corrected chi connectivity index (χ4v) is 2.68. The number of nitrogens with zero attached hydrogens (tertiary/aromatic N) is 1. The van der Waals surface area contributed by atoms with E-state index in [1.165, 1.54) is 23.5 Å². The normalized spacial score (nSPS) is 11.8. The molecule has 0 bridgehead atoms. The van der Waals surface area contributed by atoms with Crippen LogP contribution in [0.1, 0.15) is 5.56 Å². The van der Waals surface area contributed by atoms with Gasteiger partial charge in [0.2, 0.25) is 0 Å². The summed E-state index contributed by atoms with van der Waals surface area (Å²) in [5.41, 5.74) is 5.20. The predicted molar refractivity (Wildman–Crippen MR) is 75.6 cm³/mol. The van der Waals surface area contributed by atoms with Gasteiger partial charge < -0.3 is 10.5 Å². The molecular formula is C14H9F3N2OS. The molecule has 0 aliphatic rings. The number of aromatic nitrogens is 1. The van der Waals surface area contributed by atoms with Gasteiger partial charge in [0.1, 0.15) is 11.3 Å². The van der Waals surface area contributed by atoms with Gasteiger partial charge in [-0.2, -0.15) is 13.2 Å². The molecule has 2 N–H and O–H groups in total. The predicted octanol–water partition coefficient (Wildman–Crippen LogP) is 4.69. The zero-order valence-corrected chi connectivity index (χ0v) is 11.3. The van der Waals surface area contributed by atoms with Crippen LogP contribution in [-0.2, 0) is 6.18 Å². The maximum atomic E-state index is 13.0. The molecule has 1 aromatic heterocycles. The van der Waals surface area contributed by atoms with Crippen molar-refractivity contribution in [3.05, 3.63) is 48.0 Å². The molecule has 7 heteroatoms. The molecule has 0 spiro atoms. The fraction of sp³-hybridized carbons (Fsp3) is 0.0714. The first kappa shape index (κ1) is 13.7. The Balaban J connectivity index is 2.01. The third-order valence-corrected chi connectivity index (χ3v) is 3.69. The summed E-state index contributed by atoms with van der Waals surface area (Å²) in [6.45, 7) is 0. The van der Waals surface area contributed by atoms with Crippen molar-refractivity contribution in [2.24, 2.45) is 0 Å². The Labute approximate surface area is 121 Å². The summed E-state index contributed by atoms with van der Waals surface area (Å²) < 4.78 is 45.1. The number of hydrogen-bond acceptors (Lipinski definition) is 4. The van der Waals surface area contributed by atoms with Gasteiger partial charge in [-0.25, -0.2) is 4.98 Å². The molecule has 108 valence electrons. The van der Waals surface area contributed by atoms with Crippen molar-refractivity contribution >= 4 is 27.2 Å². The minimum absolute atomic E-state index is 0.0268. The first-order chi connectivity index (χ1) is 9.93. The Morgan fingerprint density at radius 3 is 2.57 bits per heavy atom. The van der Waals surface area contributed by atoms with E-state index in [9.17, 15) is 13.2 Å². The number of para-hydroxylation sites is 1. The van der Waals surface area contributed by atoms with Crippen LogP contribution in [0.3, 0.4) is 0 Å². The fourth-order valence-electron chi connectivity index (χ4n) is 1.85. The van der Waals surface area contributed by atoms with Gasteiger partial charge in [0.05, 0.1) is 10.2 Å². The molecule has 0 atom stereocenters. The molecule has 3 rings (SSSR count). The minimum Gasteiger partial charge on any atom is -0.430 e. The second-order valence-corrected chi connectivity index (χ2v) is 5.30. The number of rotatable bonds is 2. The smallest absolute Gasteiger partial charge is 0.420 e. The molecule has 0 radical (unpaired) electrons. The van der Waals surface area contributed by atoms with Crippen molar-refractivity contribution in [3.63, 3.8) is 0 Å². The van der Waals surface area contributed by atoms with Crippen LogP contribution in [0.15, 0.2) is 42.5 Å². The molecule has 0 saturated carbocycles. The topological polar surface area (TPSA) is 48.1 Å². The van der Waals surface area contributed by atoms with Gasteiger partial charge in [0.25, 0.3) is 5.19 Å². The van der Waals surface area contributed by atoms with Crippen molar-refractivity contribution in [1.29, 1.82) is 0 Å². The van der Waals surface area contributed by atoms with E-state index in [-0.39, 0.29) is 16.6 Å². The van der Waals surface area contributed by atoms with Crippen LogP contribution in [0.5, 0.6) is 10.9 Å². The number of halogens is 3. The highest BCUT2D eigenvalue weighted by molar-refractivity contribution is 7.20. The third kappa shape index (κ3) is 2.78. The lowest BCUT2D eigenvalue weighted by Crippen LogP contribution is -2.07. The van der Waals surface area contributed by atoms with E-state index >= 15 is 0 Å². The Kier molecular flexibility index (Phi) is 3.21. The summed E-state index contributed by atoms with van der Waals surface area (Å²) in [7, 11) is 0. The monoisotopic (exact) mass is 310 g/mol. The van der Waals surface area contributed by atoms with E-state index in [1.54, 1.807) is 12.1 Å². The van der Waals surface area contributed by atoms with Gasteiger partial charge in [-0.1, -0.05) is 23.5 Å². The van der Waals surface area contributed by atoms with Crippen LogP contribution in [0, 0.1) is 0 Å². The summed E-state index contributed by atoms with van der Waals surface area (Å²) >= 11 is 1.18. The Morgan fingerprint density at radius 2 is 1.86 bits per heavy atom. The van der Waals surface area contributed by atoms with Gasteiger partial charge in [-0.05, 0) is 30.3 Å². The van der Waals surface area contributed by atoms with E-state index in [0.29, 0.717) is 5.52 Å². The number of hydrogen-bond donors (Lipinski definition) is 1. The highest BCUT2D eigenvalue weighted by atomic mass is 32.1.